The molecule has 1 aromatic heterocycles. The maximum Gasteiger partial charge on any atom is 0.519 e. The number of carboxylic acid groups (broad SMARTS) is 1. The van der Waals surface area contributed by atoms with Gasteiger partial charge in [-0.05, 0) is 13.8 Å². The lowest BCUT2D eigenvalue weighted by atomic mass is 10.2. The molecular weight excluding hydrogens is 434 g/mol. The fourth-order valence-corrected chi connectivity index (χ4v) is 3.70. The summed E-state index contributed by atoms with van der Waals surface area (Å²) in [6.07, 6.45) is 1.59. The second kappa shape index (κ2) is 11.0. The van der Waals surface area contributed by atoms with Crippen molar-refractivity contribution in [3.63, 3.8) is 0 Å². The highest BCUT2D eigenvalue weighted by atomic mass is 32.2. The van der Waals surface area contributed by atoms with E-state index in [9.17, 15) is 19.2 Å². The van der Waals surface area contributed by atoms with E-state index in [1.54, 1.807) is 18.0 Å². The number of nitrogens with zero attached hydrogens (tertiary/aromatic N) is 1. The van der Waals surface area contributed by atoms with E-state index in [-0.39, 0.29) is 25.1 Å². The molecule has 3 N–H and O–H groups in total. The zero-order chi connectivity index (χ0) is 23.1. The number of hydrogen-bond acceptors (Lipinski definition) is 10. The van der Waals surface area contributed by atoms with Crippen molar-refractivity contribution >= 4 is 29.5 Å². The molecule has 0 saturated heterocycles. The summed E-state index contributed by atoms with van der Waals surface area (Å²) in [5.74, 6) is -2.60. The van der Waals surface area contributed by atoms with Crippen molar-refractivity contribution in [3.05, 3.63) is 33.2 Å². The predicted octanol–water partition coefficient (Wildman–Crippen LogP) is -0.376. The van der Waals surface area contributed by atoms with E-state index in [1.807, 2.05) is 6.92 Å². The molecule has 3 atom stereocenters. The van der Waals surface area contributed by atoms with Gasteiger partial charge in [0.25, 0.3) is 5.91 Å². The van der Waals surface area contributed by atoms with Crippen molar-refractivity contribution in [2.24, 2.45) is 0 Å². The Morgan fingerprint density at radius 2 is 1.84 bits per heavy atom. The Morgan fingerprint density at radius 1 is 1.19 bits per heavy atom. The number of amides is 2. The van der Waals surface area contributed by atoms with Gasteiger partial charge in [0.2, 0.25) is 5.91 Å². The molecule has 2 rings (SSSR count). The Morgan fingerprint density at radius 3 is 2.39 bits per heavy atom. The third-order valence-corrected chi connectivity index (χ3v) is 5.49. The summed E-state index contributed by atoms with van der Waals surface area (Å²) in [6.45, 7) is 3.30. The maximum absolute atomic E-state index is 12.7. The average Bonchev–Trinajstić information content (AvgIpc) is 3.22. The zero-order valence-electron chi connectivity index (χ0n) is 17.5. The molecular formula is C18H25N3O9S. The molecule has 0 aromatic carbocycles. The number of ether oxygens (including phenoxy) is 2. The molecule has 1 aliphatic rings. The first-order valence-corrected chi connectivity index (χ1v) is 10.1. The van der Waals surface area contributed by atoms with Crippen molar-refractivity contribution in [2.45, 2.75) is 37.8 Å². The quantitative estimate of drug-likeness (QED) is 0.396. The van der Waals surface area contributed by atoms with Gasteiger partial charge in [0, 0.05) is 20.4 Å². The van der Waals surface area contributed by atoms with Gasteiger partial charge in [-0.2, -0.15) is 0 Å². The normalized spacial score (nSPS) is 17.7. The maximum atomic E-state index is 12.7. The number of aliphatic carboxylic acids is 1. The van der Waals surface area contributed by atoms with Gasteiger partial charge in [0.1, 0.15) is 11.8 Å². The van der Waals surface area contributed by atoms with Gasteiger partial charge < -0.3 is 38.9 Å². The number of methoxy groups -OCH3 is 2. The SMILES string of the molecule is COCC(NC(=O)[C@H](COC)NC(=O)C1=CN(Cc2oc(=O)oc2C)C(C)S1)C(=O)O. The Hall–Kier alpha value is -2.77. The van der Waals surface area contributed by atoms with Crippen LogP contribution in [0.3, 0.4) is 0 Å². The standard InChI is InChI=1S/C18H25N3O9S/c1-9-13(30-18(26)29-9)5-21-6-14(31-10(21)2)16(23)19-11(7-27-3)15(22)20-12(8-28-4)17(24)25/h6,10-12H,5,7-8H2,1-4H3,(H,19,23)(H,20,22)(H,24,25)/t10?,11-,12?/m0/s1. The Labute approximate surface area is 181 Å². The highest BCUT2D eigenvalue weighted by Crippen LogP contribution is 2.33. The van der Waals surface area contributed by atoms with Gasteiger partial charge >= 0.3 is 11.8 Å². The van der Waals surface area contributed by atoms with Crippen molar-refractivity contribution in [1.82, 2.24) is 15.5 Å². The number of hydrogen-bond donors (Lipinski definition) is 3. The van der Waals surface area contributed by atoms with Gasteiger partial charge in [-0.25, -0.2) is 9.59 Å². The smallest absolute Gasteiger partial charge is 0.480 e. The van der Waals surface area contributed by atoms with Crippen molar-refractivity contribution < 1.29 is 37.8 Å². The summed E-state index contributed by atoms with van der Waals surface area (Å²) in [5, 5.41) is 13.9. The first-order chi connectivity index (χ1) is 14.7. The van der Waals surface area contributed by atoms with Crippen molar-refractivity contribution in [3.8, 4) is 0 Å². The van der Waals surface area contributed by atoms with E-state index >= 15 is 0 Å². The number of aryl methyl sites for hydroxylation is 1. The van der Waals surface area contributed by atoms with E-state index in [4.69, 9.17) is 23.4 Å². The van der Waals surface area contributed by atoms with Gasteiger partial charge in [0.05, 0.1) is 30.0 Å². The molecule has 2 amide bonds. The molecule has 172 valence electrons. The molecule has 0 spiro atoms. The van der Waals surface area contributed by atoms with E-state index in [0.29, 0.717) is 16.4 Å². The molecule has 0 fully saturated rings. The molecule has 12 nitrogen and oxygen atoms in total. The summed E-state index contributed by atoms with van der Waals surface area (Å²) in [4.78, 5) is 49.7. The van der Waals surface area contributed by atoms with Crippen LogP contribution in [0.2, 0.25) is 0 Å². The topological polar surface area (TPSA) is 161 Å². The number of rotatable bonds is 11. The molecule has 0 bridgehead atoms. The molecule has 31 heavy (non-hydrogen) atoms. The van der Waals surface area contributed by atoms with Crippen LogP contribution in [0.4, 0.5) is 0 Å². The molecule has 1 aromatic rings. The molecule has 0 aliphatic carbocycles. The summed E-state index contributed by atoms with van der Waals surface area (Å²) in [7, 11) is 2.66. The molecule has 0 saturated carbocycles. The highest BCUT2D eigenvalue weighted by molar-refractivity contribution is 8.04. The zero-order valence-corrected chi connectivity index (χ0v) is 18.3. The lowest BCUT2D eigenvalue weighted by Gasteiger charge is -2.20. The number of carboxylic acids is 1. The first-order valence-electron chi connectivity index (χ1n) is 9.21. The third-order valence-electron chi connectivity index (χ3n) is 4.34. The molecule has 13 heteroatoms. The summed E-state index contributed by atoms with van der Waals surface area (Å²) in [5.41, 5.74) is 0. The number of carbonyl (C=O) groups is 3. The van der Waals surface area contributed by atoms with Crippen LogP contribution in [0, 0.1) is 6.92 Å². The third kappa shape index (κ3) is 6.60. The van der Waals surface area contributed by atoms with Gasteiger partial charge in [-0.1, -0.05) is 11.8 Å². The van der Waals surface area contributed by atoms with E-state index in [1.165, 1.54) is 26.0 Å². The molecule has 0 radical (unpaired) electrons. The highest BCUT2D eigenvalue weighted by Gasteiger charge is 2.31. The van der Waals surface area contributed by atoms with Gasteiger partial charge in [0.15, 0.2) is 11.8 Å². The van der Waals surface area contributed by atoms with E-state index < -0.39 is 35.7 Å². The van der Waals surface area contributed by atoms with E-state index in [0.717, 1.165) is 0 Å². The lowest BCUT2D eigenvalue weighted by molar-refractivity contribution is -0.144. The predicted molar refractivity (Wildman–Crippen MR) is 108 cm³/mol. The largest absolute Gasteiger partial charge is 0.519 e. The second-order valence-corrected chi connectivity index (χ2v) is 8.01. The number of thioether (sulfide) groups is 1. The Kier molecular flexibility index (Phi) is 8.71. The summed E-state index contributed by atoms with van der Waals surface area (Å²) < 4.78 is 19.6. The van der Waals surface area contributed by atoms with Crippen molar-refractivity contribution in [2.75, 3.05) is 27.4 Å². The van der Waals surface area contributed by atoms with Gasteiger partial charge in [-0.15, -0.1) is 0 Å². The molecule has 2 heterocycles. The van der Waals surface area contributed by atoms with Crippen LogP contribution in [-0.2, 0) is 30.4 Å². The second-order valence-electron chi connectivity index (χ2n) is 6.65. The van der Waals surface area contributed by atoms with Crippen LogP contribution in [0.15, 0.2) is 24.7 Å². The minimum Gasteiger partial charge on any atom is -0.480 e. The van der Waals surface area contributed by atoms with E-state index in [2.05, 4.69) is 10.6 Å². The van der Waals surface area contributed by atoms with Crippen LogP contribution < -0.4 is 16.5 Å². The number of nitrogens with one attached hydrogen (secondary N) is 2. The fraction of sp³-hybridized carbons (Fsp3) is 0.556. The summed E-state index contributed by atoms with van der Waals surface area (Å²) in [6, 6.07) is -2.38. The first kappa shape index (κ1) is 24.5. The Balaban J connectivity index is 2.05. The minimum atomic E-state index is -1.27. The fourth-order valence-electron chi connectivity index (χ4n) is 2.70. The van der Waals surface area contributed by atoms with Crippen LogP contribution in [0.1, 0.15) is 18.4 Å². The van der Waals surface area contributed by atoms with Crippen LogP contribution in [-0.4, -0.2) is 72.7 Å². The van der Waals surface area contributed by atoms with Crippen molar-refractivity contribution in [1.29, 1.82) is 0 Å². The summed E-state index contributed by atoms with van der Waals surface area (Å²) >= 11 is 1.25. The molecule has 2 unspecified atom stereocenters. The monoisotopic (exact) mass is 459 g/mol. The number of carbonyl (C=O) groups excluding carboxylic acids is 2. The minimum absolute atomic E-state index is 0.145. The van der Waals surface area contributed by atoms with Crippen LogP contribution in [0.5, 0.6) is 0 Å². The van der Waals surface area contributed by atoms with Gasteiger partial charge in [-0.3, -0.25) is 9.59 Å². The van der Waals surface area contributed by atoms with Crippen LogP contribution in [0.25, 0.3) is 0 Å². The average molecular weight is 459 g/mol. The lowest BCUT2D eigenvalue weighted by Crippen LogP contribution is -2.54. The van der Waals surface area contributed by atoms with Crippen LogP contribution >= 0.6 is 11.8 Å². The Bertz CT molecular complexity index is 894. The molecule has 1 aliphatic heterocycles.